The lowest BCUT2D eigenvalue weighted by molar-refractivity contribution is 0.274. The number of sulfonamides is 1. The number of hydrogen-bond acceptors (Lipinski definition) is 3. The molecular formula is C10H13Cl3N2O2S. The zero-order valence-corrected chi connectivity index (χ0v) is 12.7. The van der Waals surface area contributed by atoms with Crippen LogP contribution < -0.4 is 5.32 Å². The van der Waals surface area contributed by atoms with Crippen molar-refractivity contribution in [1.82, 2.24) is 9.62 Å². The van der Waals surface area contributed by atoms with Crippen molar-refractivity contribution >= 4 is 45.6 Å². The van der Waals surface area contributed by atoms with Crippen LogP contribution in [-0.2, 0) is 10.0 Å². The highest BCUT2D eigenvalue weighted by Crippen LogP contribution is 2.28. The second kappa shape index (κ2) is 5.94. The number of likely N-dealkylation sites (N-methyl/N-ethyl adjacent to an activating group) is 1. The molecule has 0 radical (unpaired) electrons. The summed E-state index contributed by atoms with van der Waals surface area (Å²) in [6.07, 6.45) is 0. The van der Waals surface area contributed by atoms with Gasteiger partial charge in [-0.05, 0) is 18.2 Å². The van der Waals surface area contributed by atoms with Gasteiger partial charge >= 0.3 is 0 Å². The molecule has 1 N–H and O–H groups in total. The number of halogens is 3. The second-order valence-corrected chi connectivity index (χ2v) is 6.72. The predicted octanol–water partition coefficient (Wildman–Crippen LogP) is 2.01. The number of nitrogens with zero attached hydrogens (tertiary/aromatic N) is 1. The van der Waals surface area contributed by atoms with Gasteiger partial charge in [-0.2, -0.15) is 4.31 Å². The SMILES string of the molecule is CN(C1CNC1)S(=O)(=O)c1cc(Cl)ccc1Cl.Cl. The van der Waals surface area contributed by atoms with Crippen molar-refractivity contribution < 1.29 is 8.42 Å². The minimum absolute atomic E-state index is 0. The highest BCUT2D eigenvalue weighted by Gasteiger charge is 2.32. The Morgan fingerprint density at radius 3 is 2.44 bits per heavy atom. The van der Waals surface area contributed by atoms with Gasteiger partial charge in [0.05, 0.1) is 5.02 Å². The van der Waals surface area contributed by atoms with Gasteiger partial charge < -0.3 is 5.32 Å². The number of nitrogens with one attached hydrogen (secondary N) is 1. The Morgan fingerprint density at radius 1 is 1.33 bits per heavy atom. The second-order valence-electron chi connectivity index (χ2n) is 3.91. The first-order chi connectivity index (χ1) is 7.93. The van der Waals surface area contributed by atoms with Crippen LogP contribution in [0.1, 0.15) is 0 Å². The largest absolute Gasteiger partial charge is 0.313 e. The minimum atomic E-state index is -3.58. The van der Waals surface area contributed by atoms with Gasteiger partial charge in [0.1, 0.15) is 4.90 Å². The van der Waals surface area contributed by atoms with Crippen molar-refractivity contribution in [1.29, 1.82) is 0 Å². The molecular weight excluding hydrogens is 319 g/mol. The van der Waals surface area contributed by atoms with E-state index < -0.39 is 10.0 Å². The number of rotatable bonds is 3. The molecule has 1 fully saturated rings. The molecule has 1 aliphatic rings. The maximum Gasteiger partial charge on any atom is 0.244 e. The lowest BCUT2D eigenvalue weighted by Crippen LogP contribution is -2.57. The summed E-state index contributed by atoms with van der Waals surface area (Å²) in [7, 11) is -2.02. The summed E-state index contributed by atoms with van der Waals surface area (Å²) in [4.78, 5) is 0.0565. The maximum atomic E-state index is 12.3. The van der Waals surface area contributed by atoms with Crippen LogP contribution in [0.3, 0.4) is 0 Å². The quantitative estimate of drug-likeness (QED) is 0.922. The van der Waals surface area contributed by atoms with Gasteiger partial charge in [-0.15, -0.1) is 12.4 Å². The van der Waals surface area contributed by atoms with Gasteiger partial charge in [0.25, 0.3) is 0 Å². The van der Waals surface area contributed by atoms with Crippen molar-refractivity contribution in [2.45, 2.75) is 10.9 Å². The van der Waals surface area contributed by atoms with Gasteiger partial charge in [0.15, 0.2) is 0 Å². The average Bonchev–Trinajstić information content (AvgIpc) is 2.19. The standard InChI is InChI=1S/C10H12Cl2N2O2S.ClH/c1-14(8-5-13-6-8)17(15,16)10-4-7(11)2-3-9(10)12;/h2-4,8,13H,5-6H2,1H3;1H. The molecule has 0 bridgehead atoms. The van der Waals surface area contributed by atoms with Crippen LogP contribution >= 0.6 is 35.6 Å². The van der Waals surface area contributed by atoms with Crippen LogP contribution in [0.25, 0.3) is 0 Å². The minimum Gasteiger partial charge on any atom is -0.313 e. The molecule has 0 spiro atoms. The molecule has 1 aromatic carbocycles. The topological polar surface area (TPSA) is 49.4 Å². The first-order valence-electron chi connectivity index (χ1n) is 5.07. The van der Waals surface area contributed by atoms with E-state index in [0.717, 1.165) is 0 Å². The molecule has 0 amide bonds. The molecule has 0 aromatic heterocycles. The van der Waals surface area contributed by atoms with E-state index in [-0.39, 0.29) is 28.4 Å². The summed E-state index contributed by atoms with van der Waals surface area (Å²) >= 11 is 11.7. The Bertz CT molecular complexity index is 532. The van der Waals surface area contributed by atoms with Gasteiger partial charge in [-0.1, -0.05) is 23.2 Å². The van der Waals surface area contributed by atoms with Gasteiger partial charge in [0.2, 0.25) is 10.0 Å². The number of benzene rings is 1. The van der Waals surface area contributed by atoms with Gasteiger partial charge in [0, 0.05) is 31.2 Å². The molecule has 0 saturated carbocycles. The summed E-state index contributed by atoms with van der Waals surface area (Å²) in [6, 6.07) is 4.41. The Kier molecular flexibility index (Phi) is 5.29. The third-order valence-corrected chi connectivity index (χ3v) is 5.45. The van der Waals surface area contributed by atoms with E-state index in [2.05, 4.69) is 5.32 Å². The Labute approximate surface area is 123 Å². The van der Waals surface area contributed by atoms with Crippen molar-refractivity contribution in [2.24, 2.45) is 0 Å². The maximum absolute atomic E-state index is 12.3. The molecule has 0 unspecified atom stereocenters. The first kappa shape index (κ1) is 16.0. The van der Waals surface area contributed by atoms with Gasteiger partial charge in [-0.25, -0.2) is 8.42 Å². The summed E-state index contributed by atoms with van der Waals surface area (Å²) < 4.78 is 25.9. The van der Waals surface area contributed by atoms with Crippen LogP contribution in [0.15, 0.2) is 23.1 Å². The highest BCUT2D eigenvalue weighted by molar-refractivity contribution is 7.89. The van der Waals surface area contributed by atoms with E-state index >= 15 is 0 Å². The molecule has 4 nitrogen and oxygen atoms in total. The first-order valence-corrected chi connectivity index (χ1v) is 7.26. The summed E-state index contributed by atoms with van der Waals surface area (Å²) in [5.41, 5.74) is 0. The molecule has 0 atom stereocenters. The molecule has 1 heterocycles. The predicted molar refractivity (Wildman–Crippen MR) is 75.3 cm³/mol. The molecule has 2 rings (SSSR count). The van der Waals surface area contributed by atoms with Crippen molar-refractivity contribution in [2.75, 3.05) is 20.1 Å². The summed E-state index contributed by atoms with van der Waals surface area (Å²) in [5, 5.41) is 3.57. The molecule has 102 valence electrons. The molecule has 1 saturated heterocycles. The van der Waals surface area contributed by atoms with E-state index in [0.29, 0.717) is 18.1 Å². The van der Waals surface area contributed by atoms with Crippen LogP contribution in [0, 0.1) is 0 Å². The molecule has 18 heavy (non-hydrogen) atoms. The zero-order chi connectivity index (χ0) is 12.6. The molecule has 0 aliphatic carbocycles. The summed E-state index contributed by atoms with van der Waals surface area (Å²) in [5.74, 6) is 0. The van der Waals surface area contributed by atoms with Crippen LogP contribution in [-0.4, -0.2) is 38.9 Å². The van der Waals surface area contributed by atoms with E-state index in [9.17, 15) is 8.42 Å². The molecule has 8 heteroatoms. The fourth-order valence-electron chi connectivity index (χ4n) is 1.56. The smallest absolute Gasteiger partial charge is 0.244 e. The normalized spacial score (nSPS) is 16.2. The Hall–Kier alpha value is -0.0400. The van der Waals surface area contributed by atoms with Crippen molar-refractivity contribution in [3.05, 3.63) is 28.2 Å². The van der Waals surface area contributed by atoms with Crippen molar-refractivity contribution in [3.63, 3.8) is 0 Å². The van der Waals surface area contributed by atoms with Crippen molar-refractivity contribution in [3.8, 4) is 0 Å². The van der Waals surface area contributed by atoms with E-state index in [1.165, 1.54) is 16.4 Å². The van der Waals surface area contributed by atoms with E-state index in [4.69, 9.17) is 23.2 Å². The number of hydrogen-bond donors (Lipinski definition) is 1. The Morgan fingerprint density at radius 2 is 1.94 bits per heavy atom. The fourth-order valence-corrected chi connectivity index (χ4v) is 3.65. The zero-order valence-electron chi connectivity index (χ0n) is 9.56. The fraction of sp³-hybridized carbons (Fsp3) is 0.400. The van der Waals surface area contributed by atoms with Gasteiger partial charge in [-0.3, -0.25) is 0 Å². The Balaban J connectivity index is 0.00000162. The van der Waals surface area contributed by atoms with E-state index in [1.807, 2.05) is 0 Å². The van der Waals surface area contributed by atoms with Crippen LogP contribution in [0.2, 0.25) is 10.0 Å². The van der Waals surface area contributed by atoms with Crippen LogP contribution in [0.5, 0.6) is 0 Å². The van der Waals surface area contributed by atoms with Crippen LogP contribution in [0.4, 0.5) is 0 Å². The lowest BCUT2D eigenvalue weighted by atomic mass is 10.2. The molecule has 1 aromatic rings. The van der Waals surface area contributed by atoms with E-state index in [1.54, 1.807) is 13.1 Å². The molecule has 1 aliphatic heterocycles. The highest BCUT2D eigenvalue weighted by atomic mass is 35.5. The lowest BCUT2D eigenvalue weighted by Gasteiger charge is -2.34. The third-order valence-electron chi connectivity index (χ3n) is 2.82. The third kappa shape index (κ3) is 2.92. The average molecular weight is 332 g/mol. The monoisotopic (exact) mass is 330 g/mol. The summed E-state index contributed by atoms with van der Waals surface area (Å²) in [6.45, 7) is 1.32.